The highest BCUT2D eigenvalue weighted by molar-refractivity contribution is 7.92. The maximum absolute atomic E-state index is 12.0. The summed E-state index contributed by atoms with van der Waals surface area (Å²) in [6.07, 6.45) is 0. The molecule has 1 aliphatic rings. The lowest BCUT2D eigenvalue weighted by molar-refractivity contribution is -0.141. The lowest BCUT2D eigenvalue weighted by Crippen LogP contribution is -2.54. The van der Waals surface area contributed by atoms with E-state index in [4.69, 9.17) is 4.74 Å². The van der Waals surface area contributed by atoms with Crippen LogP contribution in [-0.2, 0) is 19.4 Å². The maximum Gasteiger partial charge on any atom is 0.238 e. The van der Waals surface area contributed by atoms with E-state index in [0.717, 1.165) is 0 Å². The Morgan fingerprint density at radius 3 is 2.18 bits per heavy atom. The van der Waals surface area contributed by atoms with Crippen molar-refractivity contribution in [2.75, 3.05) is 19.0 Å². The molecular weight excluding hydrogens is 242 g/mol. The summed E-state index contributed by atoms with van der Waals surface area (Å²) >= 11 is 0. The molecule has 0 aliphatic carbocycles. The summed E-state index contributed by atoms with van der Waals surface area (Å²) in [5.41, 5.74) is 0. The van der Waals surface area contributed by atoms with Gasteiger partial charge in [0.1, 0.15) is 5.75 Å². The number of carbonyl (C=O) groups excluding carboxylic acids is 1. The van der Waals surface area contributed by atoms with Crippen molar-refractivity contribution >= 4 is 15.7 Å². The first-order valence-corrected chi connectivity index (χ1v) is 7.57. The maximum atomic E-state index is 12.0. The Labute approximate surface area is 103 Å². The summed E-state index contributed by atoms with van der Waals surface area (Å²) in [5, 5.41) is -0.516. The quantitative estimate of drug-likeness (QED) is 0.741. The van der Waals surface area contributed by atoms with Crippen LogP contribution in [0.5, 0.6) is 0 Å². The van der Waals surface area contributed by atoms with Crippen molar-refractivity contribution in [2.45, 2.75) is 45.0 Å². The van der Waals surface area contributed by atoms with Gasteiger partial charge in [0.05, 0.1) is 30.5 Å². The van der Waals surface area contributed by atoms with Gasteiger partial charge >= 0.3 is 0 Å². The number of sulfone groups is 1. The SMILES string of the molecule is CC1COCC(C)N1C(=O)CS(=O)(=O)C(C)C. The molecule has 100 valence electrons. The van der Waals surface area contributed by atoms with Crippen LogP contribution in [0.1, 0.15) is 27.7 Å². The summed E-state index contributed by atoms with van der Waals surface area (Å²) in [5.74, 6) is -0.721. The fourth-order valence-electron chi connectivity index (χ4n) is 1.91. The number of hydrogen-bond donors (Lipinski definition) is 0. The van der Waals surface area contributed by atoms with Crippen LogP contribution in [-0.4, -0.2) is 55.5 Å². The number of hydrogen-bond acceptors (Lipinski definition) is 4. The molecule has 1 rings (SSSR count). The van der Waals surface area contributed by atoms with E-state index in [1.807, 2.05) is 13.8 Å². The van der Waals surface area contributed by atoms with Crippen LogP contribution in [0.2, 0.25) is 0 Å². The number of amides is 1. The molecule has 5 nitrogen and oxygen atoms in total. The van der Waals surface area contributed by atoms with Gasteiger partial charge in [0.15, 0.2) is 9.84 Å². The number of carbonyl (C=O) groups is 1. The van der Waals surface area contributed by atoms with Crippen molar-refractivity contribution in [1.82, 2.24) is 4.90 Å². The van der Waals surface area contributed by atoms with Gasteiger partial charge in [0, 0.05) is 0 Å². The van der Waals surface area contributed by atoms with E-state index < -0.39 is 20.8 Å². The average Bonchev–Trinajstić information content (AvgIpc) is 2.15. The van der Waals surface area contributed by atoms with Crippen LogP contribution in [0, 0.1) is 0 Å². The molecule has 0 radical (unpaired) electrons. The molecule has 17 heavy (non-hydrogen) atoms. The lowest BCUT2D eigenvalue weighted by atomic mass is 10.2. The first-order chi connectivity index (χ1) is 7.75. The molecule has 0 saturated carbocycles. The molecule has 1 heterocycles. The Kier molecular flexibility index (Phi) is 4.55. The van der Waals surface area contributed by atoms with Gasteiger partial charge in [-0.15, -0.1) is 0 Å². The van der Waals surface area contributed by atoms with Crippen molar-refractivity contribution in [3.8, 4) is 0 Å². The van der Waals surface area contributed by atoms with Crippen LogP contribution in [0.3, 0.4) is 0 Å². The Balaban J connectivity index is 2.76. The van der Waals surface area contributed by atoms with E-state index in [9.17, 15) is 13.2 Å². The second-order valence-electron chi connectivity index (χ2n) is 4.89. The number of morpholine rings is 1. The van der Waals surface area contributed by atoms with Crippen LogP contribution in [0.15, 0.2) is 0 Å². The van der Waals surface area contributed by atoms with Gasteiger partial charge in [0.25, 0.3) is 0 Å². The van der Waals surface area contributed by atoms with Crippen molar-refractivity contribution in [2.24, 2.45) is 0 Å². The topological polar surface area (TPSA) is 63.7 Å². The van der Waals surface area contributed by atoms with Gasteiger partial charge in [-0.25, -0.2) is 8.42 Å². The minimum absolute atomic E-state index is 0.0615. The van der Waals surface area contributed by atoms with E-state index in [1.165, 1.54) is 0 Å². The van der Waals surface area contributed by atoms with Crippen molar-refractivity contribution < 1.29 is 17.9 Å². The molecule has 2 unspecified atom stereocenters. The first kappa shape index (κ1) is 14.4. The van der Waals surface area contributed by atoms with E-state index in [-0.39, 0.29) is 18.0 Å². The van der Waals surface area contributed by atoms with Gasteiger partial charge in [-0.2, -0.15) is 0 Å². The average molecular weight is 263 g/mol. The van der Waals surface area contributed by atoms with Crippen LogP contribution in [0.4, 0.5) is 0 Å². The summed E-state index contributed by atoms with van der Waals surface area (Å²) in [6.45, 7) is 7.87. The molecule has 6 heteroatoms. The largest absolute Gasteiger partial charge is 0.377 e. The van der Waals surface area contributed by atoms with Gasteiger partial charge in [-0.1, -0.05) is 0 Å². The number of ether oxygens (including phenoxy) is 1. The third-order valence-electron chi connectivity index (χ3n) is 3.00. The summed E-state index contributed by atoms with van der Waals surface area (Å²) < 4.78 is 28.7. The Hall–Kier alpha value is -0.620. The van der Waals surface area contributed by atoms with Crippen LogP contribution < -0.4 is 0 Å². The van der Waals surface area contributed by atoms with Gasteiger partial charge in [-0.3, -0.25) is 4.79 Å². The minimum atomic E-state index is -3.33. The Morgan fingerprint density at radius 2 is 1.76 bits per heavy atom. The Bertz CT molecular complexity index is 367. The highest BCUT2D eigenvalue weighted by atomic mass is 32.2. The molecule has 1 amide bonds. The van der Waals surface area contributed by atoms with Crippen molar-refractivity contribution in [1.29, 1.82) is 0 Å². The molecule has 0 aromatic heterocycles. The van der Waals surface area contributed by atoms with Crippen molar-refractivity contribution in [3.63, 3.8) is 0 Å². The predicted molar refractivity (Wildman–Crippen MR) is 65.5 cm³/mol. The smallest absolute Gasteiger partial charge is 0.238 e. The van der Waals surface area contributed by atoms with Gasteiger partial charge in [-0.05, 0) is 27.7 Å². The summed E-state index contributed by atoms with van der Waals surface area (Å²) in [6, 6.07) is -0.123. The molecule has 1 saturated heterocycles. The van der Waals surface area contributed by atoms with Crippen LogP contribution in [0.25, 0.3) is 0 Å². The lowest BCUT2D eigenvalue weighted by Gasteiger charge is -2.38. The number of nitrogens with zero attached hydrogens (tertiary/aromatic N) is 1. The molecule has 2 atom stereocenters. The van der Waals surface area contributed by atoms with Crippen LogP contribution >= 0.6 is 0 Å². The predicted octanol–water partition coefficient (Wildman–Crippen LogP) is 0.445. The van der Waals surface area contributed by atoms with E-state index >= 15 is 0 Å². The molecule has 1 fully saturated rings. The zero-order chi connectivity index (χ0) is 13.2. The highest BCUT2D eigenvalue weighted by Gasteiger charge is 2.32. The molecule has 0 N–H and O–H groups in total. The zero-order valence-electron chi connectivity index (χ0n) is 10.8. The molecule has 0 spiro atoms. The fraction of sp³-hybridized carbons (Fsp3) is 0.909. The third kappa shape index (κ3) is 3.42. The molecule has 0 bridgehead atoms. The van der Waals surface area contributed by atoms with E-state index in [0.29, 0.717) is 13.2 Å². The molecule has 0 aromatic carbocycles. The Morgan fingerprint density at radius 1 is 1.29 bits per heavy atom. The van der Waals surface area contributed by atoms with Gasteiger partial charge in [0.2, 0.25) is 5.91 Å². The number of rotatable bonds is 3. The van der Waals surface area contributed by atoms with E-state index in [1.54, 1.807) is 18.7 Å². The normalized spacial score (nSPS) is 26.3. The zero-order valence-corrected chi connectivity index (χ0v) is 11.7. The van der Waals surface area contributed by atoms with Crippen molar-refractivity contribution in [3.05, 3.63) is 0 Å². The summed E-state index contributed by atoms with van der Waals surface area (Å²) in [7, 11) is -3.33. The second kappa shape index (κ2) is 5.35. The first-order valence-electron chi connectivity index (χ1n) is 5.86. The monoisotopic (exact) mass is 263 g/mol. The highest BCUT2D eigenvalue weighted by Crippen LogP contribution is 2.14. The minimum Gasteiger partial charge on any atom is -0.377 e. The van der Waals surface area contributed by atoms with Gasteiger partial charge < -0.3 is 9.64 Å². The van der Waals surface area contributed by atoms with E-state index in [2.05, 4.69) is 0 Å². The molecule has 0 aromatic rings. The second-order valence-corrected chi connectivity index (χ2v) is 7.45. The summed E-state index contributed by atoms with van der Waals surface area (Å²) in [4.78, 5) is 13.7. The molecular formula is C11H21NO4S. The standard InChI is InChI=1S/C11H21NO4S/c1-8(2)17(14,15)7-11(13)12-9(3)5-16-6-10(12)4/h8-10H,5-7H2,1-4H3. The third-order valence-corrected chi connectivity index (χ3v) is 5.08. The molecule has 1 aliphatic heterocycles. The fourth-order valence-corrected chi connectivity index (χ4v) is 2.74.